The van der Waals surface area contributed by atoms with Gasteiger partial charge in [0.25, 0.3) is 0 Å². The fraction of sp³-hybridized carbons (Fsp3) is 0.360. The zero-order chi connectivity index (χ0) is 21.5. The van der Waals surface area contributed by atoms with Gasteiger partial charge in [-0.15, -0.1) is 11.3 Å². The van der Waals surface area contributed by atoms with Crippen molar-refractivity contribution in [3.8, 4) is 16.3 Å². The van der Waals surface area contributed by atoms with Crippen molar-refractivity contribution >= 4 is 32.5 Å². The third-order valence-electron chi connectivity index (χ3n) is 6.60. The van der Waals surface area contributed by atoms with Gasteiger partial charge in [0, 0.05) is 0 Å². The van der Waals surface area contributed by atoms with Crippen molar-refractivity contribution in [2.75, 3.05) is 6.54 Å². The maximum Gasteiger partial charge on any atom is 0.202 e. The van der Waals surface area contributed by atoms with Crippen LogP contribution in [-0.4, -0.2) is 22.7 Å². The Kier molecular flexibility index (Phi) is 5.28. The molecule has 160 valence electrons. The van der Waals surface area contributed by atoms with Crippen LogP contribution in [-0.2, 0) is 13.0 Å². The van der Waals surface area contributed by atoms with Crippen LogP contribution in [0.1, 0.15) is 44.2 Å². The summed E-state index contributed by atoms with van der Waals surface area (Å²) >= 11 is 1.49. The number of aryl methyl sites for hydroxylation is 1. The van der Waals surface area contributed by atoms with Gasteiger partial charge in [-0.1, -0.05) is 19.1 Å². The zero-order valence-electron chi connectivity index (χ0n) is 17.9. The van der Waals surface area contributed by atoms with Crippen molar-refractivity contribution in [2.24, 2.45) is 0 Å². The first-order chi connectivity index (χ1) is 15.1. The molecule has 0 radical (unpaired) electrons. The van der Waals surface area contributed by atoms with Crippen molar-refractivity contribution in [1.29, 1.82) is 0 Å². The molecule has 1 aliphatic rings. The summed E-state index contributed by atoms with van der Waals surface area (Å²) in [5.41, 5.74) is 3.33. The number of phenolic OH excluding ortho intramolecular Hbond substituents is 1. The molecule has 5 nitrogen and oxygen atoms in total. The lowest BCUT2D eigenvalue weighted by Crippen LogP contribution is -3.14. The van der Waals surface area contributed by atoms with E-state index in [2.05, 4.69) is 11.9 Å². The van der Waals surface area contributed by atoms with E-state index in [9.17, 15) is 9.90 Å². The molecule has 0 saturated carbocycles. The molecule has 5 rings (SSSR count). The number of benzene rings is 2. The second-order valence-electron chi connectivity index (χ2n) is 8.54. The van der Waals surface area contributed by atoms with Crippen LogP contribution >= 0.6 is 11.3 Å². The van der Waals surface area contributed by atoms with Gasteiger partial charge in [0.15, 0.2) is 0 Å². The highest BCUT2D eigenvalue weighted by molar-refractivity contribution is 7.21. The van der Waals surface area contributed by atoms with E-state index in [1.807, 2.05) is 31.2 Å². The quantitative estimate of drug-likeness (QED) is 0.502. The lowest BCUT2D eigenvalue weighted by Gasteiger charge is -2.30. The summed E-state index contributed by atoms with van der Waals surface area (Å²) in [4.78, 5) is 19.6. The number of likely N-dealkylation sites (tertiary alicyclic amines) is 1. The minimum atomic E-state index is -0.0852. The standard InChI is InChI=1S/C25H26N2O3S/c1-3-16-12-17-23(29)19(25-26-20-9-4-5-10-21(20)31-25)14-30-24(17)18(22(16)28)13-27-11-7-6-8-15(27)2/h4-5,9-10,12,14-15,28H,3,6-8,11,13H2,1-2H3/p+1/t15-/m1/s1. The molecule has 1 fully saturated rings. The molecule has 2 aromatic carbocycles. The molecule has 0 bridgehead atoms. The van der Waals surface area contributed by atoms with Crippen molar-refractivity contribution in [3.63, 3.8) is 0 Å². The number of nitrogens with one attached hydrogen (secondary N) is 1. The number of piperidine rings is 1. The van der Waals surface area contributed by atoms with Gasteiger partial charge in [0.05, 0.1) is 39.3 Å². The van der Waals surface area contributed by atoms with E-state index in [4.69, 9.17) is 4.42 Å². The lowest BCUT2D eigenvalue weighted by molar-refractivity contribution is -0.941. The van der Waals surface area contributed by atoms with E-state index in [0.717, 1.165) is 27.9 Å². The summed E-state index contributed by atoms with van der Waals surface area (Å²) in [6.45, 7) is 6.01. The summed E-state index contributed by atoms with van der Waals surface area (Å²) in [6.07, 6.45) is 5.81. The van der Waals surface area contributed by atoms with E-state index in [1.54, 1.807) is 6.07 Å². The van der Waals surface area contributed by atoms with E-state index in [0.29, 0.717) is 40.5 Å². The van der Waals surface area contributed by atoms with Crippen LogP contribution < -0.4 is 10.3 Å². The largest absolute Gasteiger partial charge is 0.507 e. The number of quaternary nitrogens is 1. The van der Waals surface area contributed by atoms with E-state index in [-0.39, 0.29) is 11.2 Å². The van der Waals surface area contributed by atoms with Crippen LogP contribution in [0.15, 0.2) is 45.8 Å². The van der Waals surface area contributed by atoms with Crippen LogP contribution in [0.3, 0.4) is 0 Å². The minimum absolute atomic E-state index is 0.0852. The zero-order valence-corrected chi connectivity index (χ0v) is 18.7. The molecule has 2 N–H and O–H groups in total. The third-order valence-corrected chi connectivity index (χ3v) is 7.67. The van der Waals surface area contributed by atoms with Crippen LogP contribution in [0.4, 0.5) is 0 Å². The number of aromatic hydroxyl groups is 1. The summed E-state index contributed by atoms with van der Waals surface area (Å²) in [5.74, 6) is 0.274. The maximum absolute atomic E-state index is 13.5. The molecular weight excluding hydrogens is 408 g/mol. The average Bonchev–Trinajstić information content (AvgIpc) is 3.21. The molecule has 1 unspecified atom stereocenters. The van der Waals surface area contributed by atoms with Crippen molar-refractivity contribution in [1.82, 2.24) is 4.98 Å². The topological polar surface area (TPSA) is 67.8 Å². The Balaban J connectivity index is 1.66. The second-order valence-corrected chi connectivity index (χ2v) is 9.57. The maximum atomic E-state index is 13.5. The summed E-state index contributed by atoms with van der Waals surface area (Å²) < 4.78 is 7.10. The fourth-order valence-electron chi connectivity index (χ4n) is 4.70. The molecule has 1 saturated heterocycles. The van der Waals surface area contributed by atoms with Crippen molar-refractivity contribution in [3.05, 3.63) is 57.9 Å². The monoisotopic (exact) mass is 435 g/mol. The highest BCUT2D eigenvalue weighted by Crippen LogP contribution is 2.33. The highest BCUT2D eigenvalue weighted by Gasteiger charge is 2.27. The Morgan fingerprint density at radius 2 is 2.13 bits per heavy atom. The molecule has 3 heterocycles. The minimum Gasteiger partial charge on any atom is -0.507 e. The number of thiazole rings is 1. The first kappa shape index (κ1) is 20.2. The molecule has 4 aromatic rings. The number of nitrogens with zero attached hydrogens (tertiary/aromatic N) is 1. The third kappa shape index (κ3) is 3.54. The summed E-state index contributed by atoms with van der Waals surface area (Å²) in [5, 5.41) is 12.2. The smallest absolute Gasteiger partial charge is 0.202 e. The number of para-hydroxylation sites is 1. The molecule has 0 amide bonds. The van der Waals surface area contributed by atoms with Crippen molar-refractivity contribution < 1.29 is 14.4 Å². The summed E-state index contributed by atoms with van der Waals surface area (Å²) in [7, 11) is 0. The molecule has 1 aliphatic heterocycles. The fourth-order valence-corrected chi connectivity index (χ4v) is 5.67. The van der Waals surface area contributed by atoms with Crippen LogP contribution in [0.25, 0.3) is 31.8 Å². The van der Waals surface area contributed by atoms with Gasteiger partial charge in [-0.05, 0) is 56.4 Å². The summed E-state index contributed by atoms with van der Waals surface area (Å²) in [6, 6.07) is 10.2. The lowest BCUT2D eigenvalue weighted by atomic mass is 9.98. The Bertz CT molecular complexity index is 1290. The number of aromatic nitrogens is 1. The van der Waals surface area contributed by atoms with Gasteiger partial charge in [-0.3, -0.25) is 4.79 Å². The molecule has 0 aliphatic carbocycles. The van der Waals surface area contributed by atoms with E-state index >= 15 is 0 Å². The predicted octanol–water partition coefficient (Wildman–Crippen LogP) is 4.30. The number of phenols is 1. The van der Waals surface area contributed by atoms with Gasteiger partial charge in [0.2, 0.25) is 5.43 Å². The van der Waals surface area contributed by atoms with Gasteiger partial charge in [-0.2, -0.15) is 0 Å². The van der Waals surface area contributed by atoms with Crippen LogP contribution in [0.5, 0.6) is 5.75 Å². The SMILES string of the molecule is CCc1cc2c(=O)c(-c3nc4ccccc4s3)coc2c(C[NH+]2CCCC[C@H]2C)c1O. The van der Waals surface area contributed by atoms with Gasteiger partial charge >= 0.3 is 0 Å². The van der Waals surface area contributed by atoms with E-state index < -0.39 is 0 Å². The highest BCUT2D eigenvalue weighted by atomic mass is 32.1. The molecule has 2 aromatic heterocycles. The average molecular weight is 436 g/mol. The Labute approximate surface area is 185 Å². The molecule has 0 spiro atoms. The number of rotatable bonds is 4. The number of hydrogen-bond acceptors (Lipinski definition) is 5. The number of fused-ring (bicyclic) bond motifs is 2. The van der Waals surface area contributed by atoms with Gasteiger partial charge in [0.1, 0.15) is 29.1 Å². The molecular formula is C25H27N2O3S+. The van der Waals surface area contributed by atoms with Crippen molar-refractivity contribution in [2.45, 2.75) is 52.1 Å². The van der Waals surface area contributed by atoms with Crippen LogP contribution in [0.2, 0.25) is 0 Å². The van der Waals surface area contributed by atoms with Gasteiger partial charge in [-0.25, -0.2) is 4.98 Å². The Morgan fingerprint density at radius 1 is 1.29 bits per heavy atom. The van der Waals surface area contributed by atoms with Crippen LogP contribution in [0, 0.1) is 0 Å². The molecule has 2 atom stereocenters. The molecule has 6 heteroatoms. The van der Waals surface area contributed by atoms with E-state index in [1.165, 1.54) is 41.8 Å². The predicted molar refractivity (Wildman–Crippen MR) is 125 cm³/mol. The Morgan fingerprint density at radius 3 is 2.90 bits per heavy atom. The first-order valence-electron chi connectivity index (χ1n) is 11.1. The normalized spacial score (nSPS) is 19.3. The first-order valence-corrected chi connectivity index (χ1v) is 11.9. The Hall–Kier alpha value is -2.70. The molecule has 31 heavy (non-hydrogen) atoms. The second kappa shape index (κ2) is 8.09. The van der Waals surface area contributed by atoms with Gasteiger partial charge < -0.3 is 14.4 Å². The number of hydrogen-bond donors (Lipinski definition) is 2.